The summed E-state index contributed by atoms with van der Waals surface area (Å²) >= 11 is 0. The van der Waals surface area contributed by atoms with Crippen molar-refractivity contribution in [2.45, 2.75) is 13.3 Å². The zero-order valence-electron chi connectivity index (χ0n) is 10.4. The van der Waals surface area contributed by atoms with Crippen LogP contribution >= 0.6 is 0 Å². The van der Waals surface area contributed by atoms with Gasteiger partial charge < -0.3 is 4.98 Å². The van der Waals surface area contributed by atoms with Gasteiger partial charge in [-0.15, -0.1) is 0 Å². The van der Waals surface area contributed by atoms with E-state index in [1.807, 2.05) is 25.1 Å². The molecule has 0 saturated heterocycles. The van der Waals surface area contributed by atoms with Crippen LogP contribution in [0, 0.1) is 11.6 Å². The predicted octanol–water partition coefficient (Wildman–Crippen LogP) is 4.07. The van der Waals surface area contributed by atoms with E-state index in [1.165, 1.54) is 18.2 Å². The number of aryl methyl sites for hydroxylation is 1. The summed E-state index contributed by atoms with van der Waals surface area (Å²) in [5.74, 6) is -0.999. The minimum Gasteiger partial charge on any atom is -0.338 e. The average molecular weight is 258 g/mol. The summed E-state index contributed by atoms with van der Waals surface area (Å²) in [4.78, 5) is 7.32. The number of fused-ring (bicyclic) bond motifs is 1. The molecular formula is C15H12F2N2. The van der Waals surface area contributed by atoms with E-state index in [0.717, 1.165) is 23.0 Å². The molecule has 3 aromatic rings. The standard InChI is InChI=1S/C15H12F2N2/c1-2-9-5-3-8-12-14(9)19-15(18-12)13-10(16)6-4-7-11(13)17/h3-8H,2H2,1H3,(H,18,19). The highest BCUT2D eigenvalue weighted by molar-refractivity contribution is 5.82. The second-order valence-corrected chi connectivity index (χ2v) is 4.35. The molecule has 0 atom stereocenters. The highest BCUT2D eigenvalue weighted by Crippen LogP contribution is 2.27. The van der Waals surface area contributed by atoms with Crippen LogP contribution in [0.15, 0.2) is 36.4 Å². The van der Waals surface area contributed by atoms with Crippen LogP contribution in [0.4, 0.5) is 8.78 Å². The number of imidazole rings is 1. The number of hydrogen-bond donors (Lipinski definition) is 1. The molecule has 2 aromatic carbocycles. The van der Waals surface area contributed by atoms with Crippen molar-refractivity contribution in [2.75, 3.05) is 0 Å². The minimum atomic E-state index is -0.614. The van der Waals surface area contributed by atoms with E-state index in [9.17, 15) is 8.78 Å². The second kappa shape index (κ2) is 4.46. The van der Waals surface area contributed by atoms with Crippen molar-refractivity contribution >= 4 is 11.0 Å². The fourth-order valence-electron chi connectivity index (χ4n) is 2.22. The van der Waals surface area contributed by atoms with Gasteiger partial charge in [-0.3, -0.25) is 0 Å². The van der Waals surface area contributed by atoms with Gasteiger partial charge >= 0.3 is 0 Å². The van der Waals surface area contributed by atoms with Crippen molar-refractivity contribution in [3.63, 3.8) is 0 Å². The van der Waals surface area contributed by atoms with Gasteiger partial charge in [-0.1, -0.05) is 25.1 Å². The number of hydrogen-bond acceptors (Lipinski definition) is 1. The van der Waals surface area contributed by atoms with Crippen molar-refractivity contribution in [3.8, 4) is 11.4 Å². The van der Waals surface area contributed by atoms with Gasteiger partial charge in [0.1, 0.15) is 17.5 Å². The molecule has 1 heterocycles. The Morgan fingerprint density at radius 2 is 1.74 bits per heavy atom. The molecule has 1 aromatic heterocycles. The molecule has 0 aliphatic rings. The van der Waals surface area contributed by atoms with Crippen LogP contribution in [0.5, 0.6) is 0 Å². The topological polar surface area (TPSA) is 28.7 Å². The molecule has 96 valence electrons. The molecule has 19 heavy (non-hydrogen) atoms. The summed E-state index contributed by atoms with van der Waals surface area (Å²) in [6.07, 6.45) is 0.821. The van der Waals surface area contributed by atoms with Gasteiger partial charge in [0.2, 0.25) is 0 Å². The third-order valence-corrected chi connectivity index (χ3v) is 3.18. The first kappa shape index (κ1) is 11.8. The third kappa shape index (κ3) is 1.89. The van der Waals surface area contributed by atoms with E-state index in [0.29, 0.717) is 0 Å². The molecule has 0 unspecified atom stereocenters. The van der Waals surface area contributed by atoms with E-state index >= 15 is 0 Å². The average Bonchev–Trinajstić information content (AvgIpc) is 2.81. The van der Waals surface area contributed by atoms with Crippen molar-refractivity contribution < 1.29 is 8.78 Å². The minimum absolute atomic E-state index is 0.110. The maximum atomic E-state index is 13.7. The summed E-state index contributed by atoms with van der Waals surface area (Å²) in [7, 11) is 0. The quantitative estimate of drug-likeness (QED) is 0.737. The van der Waals surface area contributed by atoms with E-state index in [1.54, 1.807) is 0 Å². The van der Waals surface area contributed by atoms with Crippen LogP contribution in [-0.2, 0) is 6.42 Å². The summed E-state index contributed by atoms with van der Waals surface area (Å²) < 4.78 is 27.5. The van der Waals surface area contributed by atoms with E-state index in [2.05, 4.69) is 9.97 Å². The van der Waals surface area contributed by atoms with Crippen molar-refractivity contribution in [1.29, 1.82) is 0 Å². The molecule has 3 rings (SSSR count). The monoisotopic (exact) mass is 258 g/mol. The Morgan fingerprint density at radius 1 is 1.05 bits per heavy atom. The Balaban J connectivity index is 2.27. The molecule has 0 radical (unpaired) electrons. The molecule has 2 nitrogen and oxygen atoms in total. The Kier molecular flexibility index (Phi) is 2.78. The smallest absolute Gasteiger partial charge is 0.144 e. The van der Waals surface area contributed by atoms with Gasteiger partial charge in [-0.05, 0) is 30.2 Å². The fourth-order valence-corrected chi connectivity index (χ4v) is 2.22. The number of para-hydroxylation sites is 1. The summed E-state index contributed by atoms with van der Waals surface area (Å²) in [5.41, 5.74) is 2.50. The van der Waals surface area contributed by atoms with Crippen LogP contribution in [0.3, 0.4) is 0 Å². The zero-order valence-corrected chi connectivity index (χ0v) is 10.4. The summed E-state index contributed by atoms with van der Waals surface area (Å²) in [5, 5.41) is 0. The van der Waals surface area contributed by atoms with Crippen LogP contribution < -0.4 is 0 Å². The van der Waals surface area contributed by atoms with Crippen LogP contribution in [0.1, 0.15) is 12.5 Å². The molecule has 0 amide bonds. The maximum absolute atomic E-state index is 13.7. The predicted molar refractivity (Wildman–Crippen MR) is 70.8 cm³/mol. The second-order valence-electron chi connectivity index (χ2n) is 4.35. The summed E-state index contributed by atoms with van der Waals surface area (Å²) in [6, 6.07) is 9.52. The number of aromatic nitrogens is 2. The normalized spacial score (nSPS) is 11.1. The number of halogens is 2. The van der Waals surface area contributed by atoms with Gasteiger partial charge in [0.25, 0.3) is 0 Å². The zero-order chi connectivity index (χ0) is 13.4. The number of rotatable bonds is 2. The lowest BCUT2D eigenvalue weighted by atomic mass is 10.1. The lowest BCUT2D eigenvalue weighted by Crippen LogP contribution is -1.91. The first-order valence-electron chi connectivity index (χ1n) is 6.12. The highest BCUT2D eigenvalue weighted by Gasteiger charge is 2.15. The van der Waals surface area contributed by atoms with E-state index in [-0.39, 0.29) is 11.4 Å². The largest absolute Gasteiger partial charge is 0.338 e. The Labute approximate surface area is 109 Å². The lowest BCUT2D eigenvalue weighted by molar-refractivity contribution is 0.588. The number of benzene rings is 2. The van der Waals surface area contributed by atoms with Gasteiger partial charge in [-0.25, -0.2) is 13.8 Å². The molecule has 1 N–H and O–H groups in total. The van der Waals surface area contributed by atoms with Gasteiger partial charge in [0, 0.05) is 0 Å². The van der Waals surface area contributed by atoms with Crippen molar-refractivity contribution in [2.24, 2.45) is 0 Å². The molecule has 0 bridgehead atoms. The fraction of sp³-hybridized carbons (Fsp3) is 0.133. The first-order valence-corrected chi connectivity index (χ1v) is 6.12. The SMILES string of the molecule is CCc1cccc2[nH]c(-c3c(F)cccc3F)nc12. The van der Waals surface area contributed by atoms with Crippen LogP contribution in [0.2, 0.25) is 0 Å². The highest BCUT2D eigenvalue weighted by atomic mass is 19.1. The molecule has 0 saturated carbocycles. The Bertz CT molecular complexity index is 727. The Hall–Kier alpha value is -2.23. The maximum Gasteiger partial charge on any atom is 0.144 e. The van der Waals surface area contributed by atoms with E-state index in [4.69, 9.17) is 0 Å². The Morgan fingerprint density at radius 3 is 2.42 bits per heavy atom. The number of aromatic amines is 1. The molecule has 0 fully saturated rings. The molecule has 0 aliphatic heterocycles. The molecular weight excluding hydrogens is 246 g/mol. The molecule has 0 spiro atoms. The lowest BCUT2D eigenvalue weighted by Gasteiger charge is -2.00. The van der Waals surface area contributed by atoms with Crippen LogP contribution in [-0.4, -0.2) is 9.97 Å². The molecule has 0 aliphatic carbocycles. The third-order valence-electron chi connectivity index (χ3n) is 3.18. The number of H-pyrrole nitrogens is 1. The summed E-state index contributed by atoms with van der Waals surface area (Å²) in [6.45, 7) is 2.02. The van der Waals surface area contributed by atoms with Gasteiger partial charge in [-0.2, -0.15) is 0 Å². The number of nitrogens with zero attached hydrogens (tertiary/aromatic N) is 1. The van der Waals surface area contributed by atoms with Crippen molar-refractivity contribution in [3.05, 3.63) is 53.6 Å². The van der Waals surface area contributed by atoms with E-state index < -0.39 is 11.6 Å². The molecule has 4 heteroatoms. The first-order chi connectivity index (χ1) is 9.20. The number of nitrogens with one attached hydrogen (secondary N) is 1. The van der Waals surface area contributed by atoms with Crippen molar-refractivity contribution in [1.82, 2.24) is 9.97 Å². The van der Waals surface area contributed by atoms with Gasteiger partial charge in [0.15, 0.2) is 0 Å². The van der Waals surface area contributed by atoms with Gasteiger partial charge in [0.05, 0.1) is 16.6 Å². The van der Waals surface area contributed by atoms with Crippen LogP contribution in [0.25, 0.3) is 22.4 Å².